The van der Waals surface area contributed by atoms with Crippen LogP contribution in [0.2, 0.25) is 10.0 Å². The van der Waals surface area contributed by atoms with E-state index in [1.807, 2.05) is 0 Å². The number of hydrogen-bond acceptors (Lipinski definition) is 4. The molecule has 96 valence electrons. The van der Waals surface area contributed by atoms with Crippen molar-refractivity contribution < 1.29 is 8.42 Å². The Balaban J connectivity index is 2.56. The first kappa shape index (κ1) is 13.2. The highest BCUT2D eigenvalue weighted by Gasteiger charge is 2.13. The predicted octanol–water partition coefficient (Wildman–Crippen LogP) is 2.16. The third-order valence-corrected chi connectivity index (χ3v) is 4.09. The second kappa shape index (κ2) is 4.46. The van der Waals surface area contributed by atoms with Gasteiger partial charge in [-0.15, -0.1) is 0 Å². The van der Waals surface area contributed by atoms with Crippen LogP contribution in [0, 0.1) is 0 Å². The Morgan fingerprint density at radius 3 is 2.44 bits per heavy atom. The minimum absolute atomic E-state index is 0.105. The van der Waals surface area contributed by atoms with E-state index >= 15 is 0 Å². The average Bonchev–Trinajstić information content (AvgIpc) is 2.72. The molecular formula is C10H9Cl2N3O2S. The van der Waals surface area contributed by atoms with Gasteiger partial charge in [-0.3, -0.25) is 0 Å². The zero-order chi connectivity index (χ0) is 13.5. The van der Waals surface area contributed by atoms with Crippen molar-refractivity contribution >= 4 is 38.7 Å². The van der Waals surface area contributed by atoms with Crippen molar-refractivity contribution in [1.82, 2.24) is 9.78 Å². The van der Waals surface area contributed by atoms with E-state index in [2.05, 4.69) is 5.10 Å². The molecule has 0 spiro atoms. The number of halogens is 2. The van der Waals surface area contributed by atoms with Crippen molar-refractivity contribution in [1.29, 1.82) is 0 Å². The Hall–Kier alpha value is -1.24. The first-order valence-corrected chi connectivity index (χ1v) is 7.43. The van der Waals surface area contributed by atoms with Crippen LogP contribution < -0.4 is 5.73 Å². The number of nitrogens with two attached hydrogens (primary N) is 1. The van der Waals surface area contributed by atoms with Crippen molar-refractivity contribution in [2.45, 2.75) is 4.90 Å². The molecule has 18 heavy (non-hydrogen) atoms. The number of anilines is 1. The van der Waals surface area contributed by atoms with E-state index in [1.165, 1.54) is 29.2 Å². The van der Waals surface area contributed by atoms with Gasteiger partial charge in [-0.05, 0) is 12.1 Å². The standard InChI is InChI=1S/C10H9Cl2N3O2S/c1-18(16,17)6-4-14-15(5-6)10-3-8(12)7(11)2-9(10)13/h2-5H,13H2,1H3. The van der Waals surface area contributed by atoms with E-state index < -0.39 is 9.84 Å². The van der Waals surface area contributed by atoms with Crippen LogP contribution in [-0.4, -0.2) is 24.5 Å². The van der Waals surface area contributed by atoms with E-state index in [4.69, 9.17) is 28.9 Å². The number of sulfone groups is 1. The highest BCUT2D eigenvalue weighted by atomic mass is 35.5. The van der Waals surface area contributed by atoms with E-state index in [-0.39, 0.29) is 4.90 Å². The topological polar surface area (TPSA) is 78.0 Å². The van der Waals surface area contributed by atoms with Crippen molar-refractivity contribution in [3.63, 3.8) is 0 Å². The number of nitrogen functional groups attached to an aromatic ring is 1. The summed E-state index contributed by atoms with van der Waals surface area (Å²) in [5.41, 5.74) is 6.61. The largest absolute Gasteiger partial charge is 0.397 e. The second-order valence-corrected chi connectivity index (χ2v) is 6.55. The molecule has 1 aromatic heterocycles. The maximum atomic E-state index is 11.4. The Morgan fingerprint density at radius 2 is 1.89 bits per heavy atom. The Bertz CT molecular complexity index is 710. The summed E-state index contributed by atoms with van der Waals surface area (Å²) in [4.78, 5) is 0.105. The summed E-state index contributed by atoms with van der Waals surface area (Å²) in [6, 6.07) is 3.01. The lowest BCUT2D eigenvalue weighted by atomic mass is 10.3. The second-order valence-electron chi connectivity index (χ2n) is 3.72. The monoisotopic (exact) mass is 305 g/mol. The van der Waals surface area contributed by atoms with Gasteiger partial charge in [0.05, 0.1) is 27.6 Å². The van der Waals surface area contributed by atoms with Crippen LogP contribution in [-0.2, 0) is 9.84 Å². The first-order valence-electron chi connectivity index (χ1n) is 4.78. The molecule has 0 amide bonds. The van der Waals surface area contributed by atoms with Crippen LogP contribution in [0.3, 0.4) is 0 Å². The Labute approximate surface area is 114 Å². The molecule has 2 aromatic rings. The van der Waals surface area contributed by atoms with Crippen LogP contribution in [0.25, 0.3) is 5.69 Å². The quantitative estimate of drug-likeness (QED) is 0.863. The summed E-state index contributed by atoms with van der Waals surface area (Å²) in [6.45, 7) is 0. The number of nitrogens with zero attached hydrogens (tertiary/aromatic N) is 2. The average molecular weight is 306 g/mol. The number of benzene rings is 1. The van der Waals surface area contributed by atoms with Gasteiger partial charge in [-0.25, -0.2) is 13.1 Å². The molecule has 1 heterocycles. The molecule has 8 heteroatoms. The third-order valence-electron chi connectivity index (χ3n) is 2.30. The van der Waals surface area contributed by atoms with Gasteiger partial charge in [0.2, 0.25) is 0 Å². The smallest absolute Gasteiger partial charge is 0.178 e. The summed E-state index contributed by atoms with van der Waals surface area (Å²) >= 11 is 11.7. The van der Waals surface area contributed by atoms with Crippen LogP contribution in [0.5, 0.6) is 0 Å². The molecule has 0 unspecified atom stereocenters. The van der Waals surface area contributed by atoms with Crippen molar-refractivity contribution in [2.24, 2.45) is 0 Å². The van der Waals surface area contributed by atoms with Crippen molar-refractivity contribution in [2.75, 3.05) is 12.0 Å². The molecule has 0 saturated heterocycles. The number of hydrogen-bond donors (Lipinski definition) is 1. The van der Waals surface area contributed by atoms with E-state index in [1.54, 1.807) is 0 Å². The molecule has 0 saturated carbocycles. The SMILES string of the molecule is CS(=O)(=O)c1cnn(-c2cc(Cl)c(Cl)cc2N)c1. The molecule has 2 N–H and O–H groups in total. The van der Waals surface area contributed by atoms with Gasteiger partial charge in [-0.2, -0.15) is 5.10 Å². The highest BCUT2D eigenvalue weighted by molar-refractivity contribution is 7.90. The lowest BCUT2D eigenvalue weighted by Crippen LogP contribution is -2.00. The first-order chi connectivity index (χ1) is 8.29. The van der Waals surface area contributed by atoms with Gasteiger partial charge in [0.1, 0.15) is 4.90 Å². The lowest BCUT2D eigenvalue weighted by Gasteiger charge is -2.07. The van der Waals surface area contributed by atoms with Gasteiger partial charge in [-0.1, -0.05) is 23.2 Å². The van der Waals surface area contributed by atoms with Gasteiger partial charge in [0.15, 0.2) is 9.84 Å². The zero-order valence-corrected chi connectivity index (χ0v) is 11.6. The van der Waals surface area contributed by atoms with Crippen LogP contribution in [0.15, 0.2) is 29.4 Å². The molecule has 0 fully saturated rings. The lowest BCUT2D eigenvalue weighted by molar-refractivity contribution is 0.602. The zero-order valence-electron chi connectivity index (χ0n) is 9.26. The molecule has 0 aliphatic carbocycles. The fourth-order valence-corrected chi connectivity index (χ4v) is 2.24. The van der Waals surface area contributed by atoms with Crippen LogP contribution >= 0.6 is 23.2 Å². The summed E-state index contributed by atoms with van der Waals surface area (Å²) in [7, 11) is -3.30. The number of rotatable bonds is 2. The molecule has 0 aliphatic rings. The van der Waals surface area contributed by atoms with Crippen LogP contribution in [0.1, 0.15) is 0 Å². The third kappa shape index (κ3) is 2.45. The molecular weight excluding hydrogens is 297 g/mol. The van der Waals surface area contributed by atoms with Crippen LogP contribution in [0.4, 0.5) is 5.69 Å². The van der Waals surface area contributed by atoms with E-state index in [0.717, 1.165) is 6.26 Å². The predicted molar refractivity (Wildman–Crippen MR) is 71.1 cm³/mol. The highest BCUT2D eigenvalue weighted by Crippen LogP contribution is 2.29. The maximum Gasteiger partial charge on any atom is 0.178 e. The summed E-state index contributed by atoms with van der Waals surface area (Å²) in [6.07, 6.45) is 3.72. The molecule has 0 radical (unpaired) electrons. The molecule has 2 rings (SSSR count). The molecule has 0 atom stereocenters. The minimum atomic E-state index is -3.30. The molecule has 5 nitrogen and oxygen atoms in total. The van der Waals surface area contributed by atoms with Gasteiger partial charge < -0.3 is 5.73 Å². The van der Waals surface area contributed by atoms with Crippen molar-refractivity contribution in [3.05, 3.63) is 34.6 Å². The normalized spacial score (nSPS) is 11.7. The fraction of sp³-hybridized carbons (Fsp3) is 0.100. The fourth-order valence-electron chi connectivity index (χ4n) is 1.38. The summed E-state index contributed by atoms with van der Waals surface area (Å²) < 4.78 is 24.0. The minimum Gasteiger partial charge on any atom is -0.397 e. The summed E-state index contributed by atoms with van der Waals surface area (Å²) in [5.74, 6) is 0. The van der Waals surface area contributed by atoms with Crippen molar-refractivity contribution in [3.8, 4) is 5.69 Å². The number of aromatic nitrogens is 2. The maximum absolute atomic E-state index is 11.4. The van der Waals surface area contributed by atoms with Gasteiger partial charge in [0.25, 0.3) is 0 Å². The molecule has 0 bridgehead atoms. The molecule has 1 aromatic carbocycles. The Kier molecular flexibility index (Phi) is 3.27. The van der Waals surface area contributed by atoms with Gasteiger partial charge in [0, 0.05) is 12.5 Å². The van der Waals surface area contributed by atoms with E-state index in [0.29, 0.717) is 21.4 Å². The Morgan fingerprint density at radius 1 is 1.28 bits per heavy atom. The van der Waals surface area contributed by atoms with Gasteiger partial charge >= 0.3 is 0 Å². The summed E-state index contributed by atoms with van der Waals surface area (Å²) in [5, 5.41) is 4.58. The van der Waals surface area contributed by atoms with E-state index in [9.17, 15) is 8.42 Å². The molecule has 0 aliphatic heterocycles.